The molecule has 0 fully saturated rings. The summed E-state index contributed by atoms with van der Waals surface area (Å²) in [6.07, 6.45) is 5.13. The van der Waals surface area contributed by atoms with Gasteiger partial charge in [-0.1, -0.05) is 29.8 Å². The van der Waals surface area contributed by atoms with Crippen molar-refractivity contribution < 1.29 is 4.79 Å². The maximum atomic E-state index is 12.9. The number of carbonyl (C=O) groups excluding carboxylic acids is 1. The molecule has 0 saturated carbocycles. The van der Waals surface area contributed by atoms with Crippen molar-refractivity contribution in [3.63, 3.8) is 0 Å². The lowest BCUT2D eigenvalue weighted by molar-refractivity contribution is -0.120. The molecule has 0 atom stereocenters. The van der Waals surface area contributed by atoms with Crippen molar-refractivity contribution in [2.45, 2.75) is 39.9 Å². The standard InChI is InChI=1S/C23H27N5O2/c1-16-5-6-19(12-24)20(10-16)15-26-22(29)11-21-17(2)7-9-28(23(21)30)27-14-18-4-3-8-25-13-18/h3-10,13,27H,11-12,14-15,24H2,1-2H3,(H,26,29). The predicted octanol–water partition coefficient (Wildman–Crippen LogP) is 1.92. The van der Waals surface area contributed by atoms with Gasteiger partial charge in [0, 0.05) is 37.2 Å². The van der Waals surface area contributed by atoms with Crippen molar-refractivity contribution in [1.82, 2.24) is 15.0 Å². The summed E-state index contributed by atoms with van der Waals surface area (Å²) in [7, 11) is 0. The first-order chi connectivity index (χ1) is 14.5. The van der Waals surface area contributed by atoms with Crippen molar-refractivity contribution in [2.24, 2.45) is 5.73 Å². The molecule has 0 aliphatic rings. The zero-order chi connectivity index (χ0) is 21.5. The summed E-state index contributed by atoms with van der Waals surface area (Å²) >= 11 is 0. The zero-order valence-electron chi connectivity index (χ0n) is 17.3. The topological polar surface area (TPSA) is 102 Å². The van der Waals surface area contributed by atoms with Gasteiger partial charge in [-0.3, -0.25) is 14.6 Å². The number of aromatic nitrogens is 2. The number of hydrogen-bond acceptors (Lipinski definition) is 5. The fourth-order valence-corrected chi connectivity index (χ4v) is 3.22. The molecule has 1 aromatic carbocycles. The van der Waals surface area contributed by atoms with E-state index in [1.165, 1.54) is 4.68 Å². The van der Waals surface area contributed by atoms with Crippen LogP contribution in [0.3, 0.4) is 0 Å². The van der Waals surface area contributed by atoms with Crippen molar-refractivity contribution >= 4 is 5.91 Å². The third-order valence-electron chi connectivity index (χ3n) is 5.00. The number of carbonyl (C=O) groups is 1. The average Bonchev–Trinajstić information content (AvgIpc) is 2.75. The molecule has 1 amide bonds. The van der Waals surface area contributed by atoms with Crippen LogP contribution in [0.25, 0.3) is 0 Å². The van der Waals surface area contributed by atoms with Gasteiger partial charge in [-0.25, -0.2) is 4.68 Å². The van der Waals surface area contributed by atoms with E-state index in [0.29, 0.717) is 25.2 Å². The van der Waals surface area contributed by atoms with E-state index in [-0.39, 0.29) is 17.9 Å². The molecule has 0 unspecified atom stereocenters. The highest BCUT2D eigenvalue weighted by Crippen LogP contribution is 2.11. The number of pyridine rings is 2. The van der Waals surface area contributed by atoms with Crippen molar-refractivity contribution in [3.8, 4) is 0 Å². The van der Waals surface area contributed by atoms with Crippen LogP contribution in [0.1, 0.15) is 33.4 Å². The van der Waals surface area contributed by atoms with Crippen LogP contribution in [-0.2, 0) is 30.8 Å². The monoisotopic (exact) mass is 405 g/mol. The molecule has 3 rings (SSSR count). The second-order valence-corrected chi connectivity index (χ2v) is 7.28. The minimum atomic E-state index is -0.229. The third-order valence-corrected chi connectivity index (χ3v) is 5.00. The fraction of sp³-hybridized carbons (Fsp3) is 0.261. The molecule has 0 saturated heterocycles. The van der Waals surface area contributed by atoms with E-state index < -0.39 is 0 Å². The molecule has 2 aromatic heterocycles. The lowest BCUT2D eigenvalue weighted by atomic mass is 10.0. The first kappa shape index (κ1) is 21.3. The molecule has 0 spiro atoms. The summed E-state index contributed by atoms with van der Waals surface area (Å²) in [6, 6.07) is 11.6. The Labute approximate surface area is 175 Å². The van der Waals surface area contributed by atoms with Crippen LogP contribution in [0.5, 0.6) is 0 Å². The second kappa shape index (κ2) is 9.84. The van der Waals surface area contributed by atoms with E-state index in [4.69, 9.17) is 5.73 Å². The van der Waals surface area contributed by atoms with Gasteiger partial charge in [0.1, 0.15) is 0 Å². The molecule has 156 valence electrons. The molecule has 3 aromatic rings. The lowest BCUT2D eigenvalue weighted by Crippen LogP contribution is -2.34. The van der Waals surface area contributed by atoms with Crippen LogP contribution in [-0.4, -0.2) is 15.6 Å². The highest BCUT2D eigenvalue weighted by molar-refractivity contribution is 5.78. The largest absolute Gasteiger partial charge is 0.352 e. The number of nitrogens with two attached hydrogens (primary N) is 1. The number of nitrogens with one attached hydrogen (secondary N) is 2. The lowest BCUT2D eigenvalue weighted by Gasteiger charge is -2.14. The van der Waals surface area contributed by atoms with Crippen LogP contribution in [0.2, 0.25) is 0 Å². The van der Waals surface area contributed by atoms with E-state index in [1.54, 1.807) is 18.6 Å². The molecule has 30 heavy (non-hydrogen) atoms. The molecule has 0 radical (unpaired) electrons. The van der Waals surface area contributed by atoms with Gasteiger partial charge in [0.05, 0.1) is 13.0 Å². The number of rotatable bonds is 8. The molecule has 0 bridgehead atoms. The van der Waals surface area contributed by atoms with Gasteiger partial charge < -0.3 is 16.5 Å². The summed E-state index contributed by atoms with van der Waals surface area (Å²) < 4.78 is 1.41. The van der Waals surface area contributed by atoms with E-state index in [2.05, 4.69) is 15.7 Å². The Hall–Kier alpha value is -3.45. The van der Waals surface area contributed by atoms with Crippen molar-refractivity contribution in [1.29, 1.82) is 0 Å². The maximum absolute atomic E-state index is 12.9. The fourth-order valence-electron chi connectivity index (χ4n) is 3.22. The maximum Gasteiger partial charge on any atom is 0.272 e. The van der Waals surface area contributed by atoms with E-state index in [1.807, 2.05) is 50.2 Å². The number of hydrogen-bond donors (Lipinski definition) is 3. The Morgan fingerprint density at radius 3 is 2.70 bits per heavy atom. The van der Waals surface area contributed by atoms with Gasteiger partial charge in [0.15, 0.2) is 0 Å². The molecular formula is C23H27N5O2. The Kier molecular flexibility index (Phi) is 6.98. The van der Waals surface area contributed by atoms with Crippen LogP contribution in [0.15, 0.2) is 59.8 Å². The molecule has 0 aliphatic carbocycles. The first-order valence-corrected chi connectivity index (χ1v) is 9.87. The molecule has 7 nitrogen and oxygen atoms in total. The van der Waals surface area contributed by atoms with Crippen molar-refractivity contribution in [2.75, 3.05) is 5.43 Å². The molecule has 7 heteroatoms. The van der Waals surface area contributed by atoms with Crippen LogP contribution in [0.4, 0.5) is 0 Å². The third kappa shape index (κ3) is 5.33. The highest BCUT2D eigenvalue weighted by Gasteiger charge is 2.13. The first-order valence-electron chi connectivity index (χ1n) is 9.87. The van der Waals surface area contributed by atoms with E-state index in [0.717, 1.165) is 27.8 Å². The average molecular weight is 406 g/mol. The number of amides is 1. The highest BCUT2D eigenvalue weighted by atomic mass is 16.2. The summed E-state index contributed by atoms with van der Waals surface area (Å²) in [5.74, 6) is -0.204. The van der Waals surface area contributed by atoms with E-state index >= 15 is 0 Å². The summed E-state index contributed by atoms with van der Waals surface area (Å²) in [5.41, 5.74) is 13.9. The van der Waals surface area contributed by atoms with Crippen LogP contribution in [0, 0.1) is 13.8 Å². The van der Waals surface area contributed by atoms with Crippen molar-refractivity contribution in [3.05, 3.63) is 98.7 Å². The number of benzene rings is 1. The van der Waals surface area contributed by atoms with Gasteiger partial charge in [-0.2, -0.15) is 0 Å². The quantitative estimate of drug-likeness (QED) is 0.531. The Balaban J connectivity index is 1.67. The minimum absolute atomic E-state index is 0.0177. The number of aryl methyl sites for hydroxylation is 2. The smallest absolute Gasteiger partial charge is 0.272 e. The Bertz CT molecular complexity index is 1080. The summed E-state index contributed by atoms with van der Waals surface area (Å²) in [5, 5.41) is 2.91. The van der Waals surface area contributed by atoms with Crippen LogP contribution >= 0.6 is 0 Å². The van der Waals surface area contributed by atoms with Crippen LogP contribution < -0.4 is 22.0 Å². The van der Waals surface area contributed by atoms with Gasteiger partial charge in [-0.15, -0.1) is 0 Å². The van der Waals surface area contributed by atoms with Gasteiger partial charge in [0.2, 0.25) is 5.91 Å². The second-order valence-electron chi connectivity index (χ2n) is 7.28. The Morgan fingerprint density at radius 2 is 1.97 bits per heavy atom. The SMILES string of the molecule is Cc1ccc(CN)c(CNC(=O)Cc2c(C)ccn(NCc3cccnc3)c2=O)c1. The molecule has 0 aliphatic heterocycles. The summed E-state index contributed by atoms with van der Waals surface area (Å²) in [4.78, 5) is 29.5. The minimum Gasteiger partial charge on any atom is -0.352 e. The normalized spacial score (nSPS) is 10.6. The Morgan fingerprint density at radius 1 is 1.13 bits per heavy atom. The number of nitrogens with zero attached hydrogens (tertiary/aromatic N) is 2. The summed E-state index contributed by atoms with van der Waals surface area (Å²) in [6.45, 7) is 5.09. The van der Waals surface area contributed by atoms with E-state index in [9.17, 15) is 9.59 Å². The molecule has 4 N–H and O–H groups in total. The molecule has 2 heterocycles. The van der Waals surface area contributed by atoms with Gasteiger partial charge in [0.25, 0.3) is 5.56 Å². The predicted molar refractivity (Wildman–Crippen MR) is 117 cm³/mol. The van der Waals surface area contributed by atoms with Gasteiger partial charge in [-0.05, 0) is 48.2 Å². The zero-order valence-corrected chi connectivity index (χ0v) is 17.3. The van der Waals surface area contributed by atoms with Gasteiger partial charge >= 0.3 is 0 Å². The molecular weight excluding hydrogens is 378 g/mol.